The van der Waals surface area contributed by atoms with E-state index in [1.54, 1.807) is 0 Å². The van der Waals surface area contributed by atoms with Crippen LogP contribution in [0.4, 0.5) is 0 Å². The Kier molecular flexibility index (Phi) is 6.75. The highest BCUT2D eigenvalue weighted by Gasteiger charge is 2.13. The molecule has 2 unspecified atom stereocenters. The second-order valence-electron chi connectivity index (χ2n) is 4.71. The Hall–Kier alpha value is -0.520. The molecule has 0 aliphatic rings. The molecule has 0 aromatic carbocycles. The Bertz CT molecular complexity index is 351. The minimum absolute atomic E-state index is 0.311. The van der Waals surface area contributed by atoms with Gasteiger partial charge in [-0.1, -0.05) is 13.8 Å². The number of nitrogens with one attached hydrogen (secondary N) is 1. The van der Waals surface area contributed by atoms with Gasteiger partial charge in [-0.05, 0) is 26.3 Å². The molecule has 18 heavy (non-hydrogen) atoms. The van der Waals surface area contributed by atoms with Crippen molar-refractivity contribution in [3.8, 4) is 0 Å². The first-order valence-electron chi connectivity index (χ1n) is 6.71. The summed E-state index contributed by atoms with van der Waals surface area (Å²) >= 11 is 1.98. The average Bonchev–Trinajstić information content (AvgIpc) is 2.73. The quantitative estimate of drug-likeness (QED) is 0.561. The lowest BCUT2D eigenvalue weighted by atomic mass is 10.2. The maximum absolute atomic E-state index is 5.65. The number of hydrazine groups is 1. The van der Waals surface area contributed by atoms with Crippen molar-refractivity contribution in [2.45, 2.75) is 58.4 Å². The minimum atomic E-state index is 0.311. The minimum Gasteiger partial charge on any atom is -0.271 e. The van der Waals surface area contributed by atoms with Crippen LogP contribution in [0.1, 0.15) is 38.6 Å². The van der Waals surface area contributed by atoms with Gasteiger partial charge >= 0.3 is 0 Å². The SMILES string of the molecule is CCC(C)SCC(Cc1cc(C)nn1CC)NN. The number of nitrogens with zero attached hydrogens (tertiary/aromatic N) is 2. The highest BCUT2D eigenvalue weighted by molar-refractivity contribution is 7.99. The third-order valence-electron chi connectivity index (χ3n) is 3.13. The first kappa shape index (κ1) is 15.5. The zero-order valence-corrected chi connectivity index (χ0v) is 12.8. The third-order valence-corrected chi connectivity index (χ3v) is 4.63. The van der Waals surface area contributed by atoms with Gasteiger partial charge in [0, 0.05) is 35.7 Å². The fraction of sp³-hybridized carbons (Fsp3) is 0.769. The number of aryl methyl sites for hydroxylation is 2. The van der Waals surface area contributed by atoms with E-state index in [0.717, 1.165) is 24.4 Å². The molecule has 1 aromatic rings. The number of aromatic nitrogens is 2. The number of nitrogens with two attached hydrogens (primary N) is 1. The monoisotopic (exact) mass is 270 g/mol. The van der Waals surface area contributed by atoms with Crippen LogP contribution in [0.5, 0.6) is 0 Å². The van der Waals surface area contributed by atoms with Crippen molar-refractivity contribution in [1.29, 1.82) is 0 Å². The van der Waals surface area contributed by atoms with Crippen molar-refractivity contribution in [3.63, 3.8) is 0 Å². The van der Waals surface area contributed by atoms with Crippen LogP contribution in [0, 0.1) is 6.92 Å². The van der Waals surface area contributed by atoms with Gasteiger partial charge in [-0.2, -0.15) is 16.9 Å². The predicted octanol–water partition coefficient (Wildman–Crippen LogP) is 2.12. The zero-order chi connectivity index (χ0) is 13.5. The number of thioether (sulfide) groups is 1. The highest BCUT2D eigenvalue weighted by atomic mass is 32.2. The second-order valence-corrected chi connectivity index (χ2v) is 6.18. The molecule has 2 atom stereocenters. The zero-order valence-electron chi connectivity index (χ0n) is 11.9. The van der Waals surface area contributed by atoms with Gasteiger partial charge in [0.1, 0.15) is 0 Å². The molecular weight excluding hydrogens is 244 g/mol. The largest absolute Gasteiger partial charge is 0.271 e. The fourth-order valence-electron chi connectivity index (χ4n) is 1.85. The van der Waals surface area contributed by atoms with Gasteiger partial charge in [0.05, 0.1) is 5.69 Å². The topological polar surface area (TPSA) is 55.9 Å². The maximum Gasteiger partial charge on any atom is 0.0596 e. The lowest BCUT2D eigenvalue weighted by Crippen LogP contribution is -2.39. The van der Waals surface area contributed by atoms with Crippen LogP contribution >= 0.6 is 11.8 Å². The van der Waals surface area contributed by atoms with E-state index < -0.39 is 0 Å². The van der Waals surface area contributed by atoms with Gasteiger partial charge in [0.25, 0.3) is 0 Å². The first-order valence-corrected chi connectivity index (χ1v) is 7.76. The molecule has 1 heterocycles. The predicted molar refractivity (Wildman–Crippen MR) is 79.7 cm³/mol. The van der Waals surface area contributed by atoms with Crippen molar-refractivity contribution < 1.29 is 0 Å². The van der Waals surface area contributed by atoms with E-state index in [1.165, 1.54) is 12.1 Å². The Morgan fingerprint density at radius 2 is 2.22 bits per heavy atom. The van der Waals surface area contributed by atoms with Crippen molar-refractivity contribution in [1.82, 2.24) is 15.2 Å². The molecule has 1 rings (SSSR count). The summed E-state index contributed by atoms with van der Waals surface area (Å²) < 4.78 is 2.06. The maximum atomic E-state index is 5.65. The molecule has 0 radical (unpaired) electrons. The van der Waals surface area contributed by atoms with E-state index in [9.17, 15) is 0 Å². The van der Waals surface area contributed by atoms with E-state index >= 15 is 0 Å². The van der Waals surface area contributed by atoms with Crippen LogP contribution in [0.25, 0.3) is 0 Å². The third kappa shape index (κ3) is 4.63. The summed E-state index contributed by atoms with van der Waals surface area (Å²) in [5.74, 6) is 6.69. The van der Waals surface area contributed by atoms with E-state index in [-0.39, 0.29) is 0 Å². The summed E-state index contributed by atoms with van der Waals surface area (Å²) in [5.41, 5.74) is 5.28. The standard InChI is InChI=1S/C13H26N4S/c1-5-11(4)18-9-12(15-14)8-13-7-10(3)16-17(13)6-2/h7,11-12,15H,5-6,8-9,14H2,1-4H3. The molecule has 3 N–H and O–H groups in total. The molecule has 0 aliphatic heterocycles. The molecule has 0 saturated heterocycles. The normalized spacial score (nSPS) is 14.7. The molecule has 0 bridgehead atoms. The van der Waals surface area contributed by atoms with Gasteiger partial charge in [-0.15, -0.1) is 0 Å². The summed E-state index contributed by atoms with van der Waals surface area (Å²) in [7, 11) is 0. The molecular formula is C13H26N4S. The summed E-state index contributed by atoms with van der Waals surface area (Å²) in [5, 5.41) is 5.16. The van der Waals surface area contributed by atoms with E-state index in [1.807, 2.05) is 18.7 Å². The van der Waals surface area contributed by atoms with Crippen LogP contribution in [-0.4, -0.2) is 26.8 Å². The summed E-state index contributed by atoms with van der Waals surface area (Å²) in [6, 6.07) is 2.47. The number of hydrogen-bond donors (Lipinski definition) is 2. The molecule has 4 nitrogen and oxygen atoms in total. The number of hydrogen-bond acceptors (Lipinski definition) is 4. The van der Waals surface area contributed by atoms with Crippen LogP contribution in [0.2, 0.25) is 0 Å². The highest BCUT2D eigenvalue weighted by Crippen LogP contribution is 2.16. The lowest BCUT2D eigenvalue weighted by molar-refractivity contribution is 0.534. The summed E-state index contributed by atoms with van der Waals surface area (Å²) in [4.78, 5) is 0. The van der Waals surface area contributed by atoms with Crippen LogP contribution in [-0.2, 0) is 13.0 Å². The molecule has 5 heteroatoms. The van der Waals surface area contributed by atoms with E-state index in [0.29, 0.717) is 11.3 Å². The van der Waals surface area contributed by atoms with Gasteiger partial charge < -0.3 is 0 Å². The lowest BCUT2D eigenvalue weighted by Gasteiger charge is -2.18. The molecule has 1 aromatic heterocycles. The van der Waals surface area contributed by atoms with Gasteiger partial charge in [0.2, 0.25) is 0 Å². The summed E-state index contributed by atoms with van der Waals surface area (Å²) in [6.07, 6.45) is 2.14. The molecule has 0 fully saturated rings. The van der Waals surface area contributed by atoms with E-state index in [4.69, 9.17) is 5.84 Å². The van der Waals surface area contributed by atoms with Gasteiger partial charge in [0.15, 0.2) is 0 Å². The fourth-order valence-corrected chi connectivity index (χ4v) is 2.86. The first-order chi connectivity index (χ1) is 8.60. The van der Waals surface area contributed by atoms with E-state index in [2.05, 4.69) is 42.0 Å². The molecule has 0 spiro atoms. The van der Waals surface area contributed by atoms with Crippen molar-refractivity contribution >= 4 is 11.8 Å². The van der Waals surface area contributed by atoms with Crippen LogP contribution < -0.4 is 11.3 Å². The van der Waals surface area contributed by atoms with Crippen molar-refractivity contribution in [2.75, 3.05) is 5.75 Å². The van der Waals surface area contributed by atoms with Crippen LogP contribution in [0.15, 0.2) is 6.07 Å². The average molecular weight is 270 g/mol. The molecule has 0 saturated carbocycles. The Balaban J connectivity index is 2.56. The number of rotatable bonds is 8. The van der Waals surface area contributed by atoms with Gasteiger partial charge in [-0.25, -0.2) is 0 Å². The smallest absolute Gasteiger partial charge is 0.0596 e. The Morgan fingerprint density at radius 1 is 1.50 bits per heavy atom. The Labute approximate surface area is 115 Å². The molecule has 104 valence electrons. The Morgan fingerprint density at radius 3 is 2.78 bits per heavy atom. The van der Waals surface area contributed by atoms with Crippen LogP contribution in [0.3, 0.4) is 0 Å². The summed E-state index contributed by atoms with van der Waals surface area (Å²) in [6.45, 7) is 9.55. The molecule has 0 aliphatic carbocycles. The van der Waals surface area contributed by atoms with Crippen molar-refractivity contribution in [2.24, 2.45) is 5.84 Å². The second kappa shape index (κ2) is 7.81. The van der Waals surface area contributed by atoms with Gasteiger partial charge in [-0.3, -0.25) is 16.0 Å². The molecule has 0 amide bonds. The van der Waals surface area contributed by atoms with Crippen molar-refractivity contribution in [3.05, 3.63) is 17.5 Å².